The quantitative estimate of drug-likeness (QED) is 0.875. The van der Waals surface area contributed by atoms with Crippen LogP contribution in [0.15, 0.2) is 18.2 Å². The molecule has 0 aliphatic heterocycles. The summed E-state index contributed by atoms with van der Waals surface area (Å²) in [7, 11) is 1.39. The SMILES string of the molecule is COc1cc(CNC2(C(F)(F)F)CC2)ccc1O. The highest BCUT2D eigenvalue weighted by atomic mass is 19.4. The van der Waals surface area contributed by atoms with Crippen LogP contribution in [0.3, 0.4) is 0 Å². The highest BCUT2D eigenvalue weighted by molar-refractivity contribution is 5.41. The van der Waals surface area contributed by atoms with Gasteiger partial charge in [-0.25, -0.2) is 0 Å². The number of rotatable bonds is 4. The molecule has 1 aromatic rings. The standard InChI is InChI=1S/C12H14F3NO2/c1-18-10-6-8(2-3-9(10)17)7-16-11(4-5-11)12(13,14)15/h2-3,6,16-17H,4-5,7H2,1H3. The molecule has 0 heterocycles. The minimum atomic E-state index is -4.21. The van der Waals surface area contributed by atoms with E-state index in [2.05, 4.69) is 5.32 Å². The third kappa shape index (κ3) is 2.38. The molecule has 18 heavy (non-hydrogen) atoms. The fourth-order valence-corrected chi connectivity index (χ4v) is 1.79. The molecule has 2 rings (SSSR count). The number of methoxy groups -OCH3 is 1. The Balaban J connectivity index is 2.03. The van der Waals surface area contributed by atoms with Crippen LogP contribution < -0.4 is 10.1 Å². The van der Waals surface area contributed by atoms with Crippen molar-refractivity contribution >= 4 is 0 Å². The number of hydrogen-bond acceptors (Lipinski definition) is 3. The summed E-state index contributed by atoms with van der Waals surface area (Å²) in [5.41, 5.74) is -1.09. The number of benzene rings is 1. The molecule has 0 bridgehead atoms. The van der Waals surface area contributed by atoms with E-state index in [4.69, 9.17) is 4.74 Å². The second-order valence-corrected chi connectivity index (χ2v) is 4.44. The predicted octanol–water partition coefficient (Wildman–Crippen LogP) is 2.59. The third-order valence-electron chi connectivity index (χ3n) is 3.17. The molecule has 0 spiro atoms. The van der Waals surface area contributed by atoms with Crippen molar-refractivity contribution in [2.24, 2.45) is 0 Å². The van der Waals surface area contributed by atoms with E-state index in [1.165, 1.54) is 19.2 Å². The van der Waals surface area contributed by atoms with Crippen LogP contribution in [0.5, 0.6) is 11.5 Å². The summed E-state index contributed by atoms with van der Waals surface area (Å²) in [6.45, 7) is 0.0934. The first-order valence-electron chi connectivity index (χ1n) is 5.56. The molecule has 100 valence electrons. The number of alkyl halides is 3. The molecule has 1 aliphatic carbocycles. The van der Waals surface area contributed by atoms with Crippen LogP contribution in [-0.2, 0) is 6.54 Å². The van der Waals surface area contributed by atoms with Crippen LogP contribution in [0.25, 0.3) is 0 Å². The van der Waals surface area contributed by atoms with Gasteiger partial charge in [0.25, 0.3) is 0 Å². The Labute approximate surface area is 103 Å². The second-order valence-electron chi connectivity index (χ2n) is 4.44. The maximum atomic E-state index is 12.7. The monoisotopic (exact) mass is 261 g/mol. The number of phenols is 1. The van der Waals surface area contributed by atoms with E-state index in [9.17, 15) is 18.3 Å². The van der Waals surface area contributed by atoms with E-state index in [-0.39, 0.29) is 30.9 Å². The van der Waals surface area contributed by atoms with Crippen molar-refractivity contribution in [1.29, 1.82) is 0 Å². The zero-order valence-electron chi connectivity index (χ0n) is 9.84. The van der Waals surface area contributed by atoms with Crippen LogP contribution >= 0.6 is 0 Å². The first kappa shape index (κ1) is 13.0. The lowest BCUT2D eigenvalue weighted by molar-refractivity contribution is -0.166. The Kier molecular flexibility index (Phi) is 3.14. The fourth-order valence-electron chi connectivity index (χ4n) is 1.79. The lowest BCUT2D eigenvalue weighted by Crippen LogP contribution is -2.44. The van der Waals surface area contributed by atoms with Gasteiger partial charge in [-0.2, -0.15) is 13.2 Å². The first-order valence-corrected chi connectivity index (χ1v) is 5.56. The Morgan fingerprint density at radius 3 is 2.56 bits per heavy atom. The maximum absolute atomic E-state index is 12.7. The Morgan fingerprint density at radius 1 is 1.39 bits per heavy atom. The van der Waals surface area contributed by atoms with Gasteiger partial charge in [-0.1, -0.05) is 6.07 Å². The van der Waals surface area contributed by atoms with E-state index in [0.29, 0.717) is 5.56 Å². The van der Waals surface area contributed by atoms with Gasteiger partial charge in [0.15, 0.2) is 11.5 Å². The summed E-state index contributed by atoms with van der Waals surface area (Å²) >= 11 is 0. The molecule has 0 atom stereocenters. The lowest BCUT2D eigenvalue weighted by Gasteiger charge is -2.20. The Bertz CT molecular complexity index is 441. The molecule has 0 radical (unpaired) electrons. The first-order chi connectivity index (χ1) is 8.38. The minimum absolute atomic E-state index is 0.0294. The van der Waals surface area contributed by atoms with Crippen molar-refractivity contribution in [2.75, 3.05) is 7.11 Å². The molecule has 0 amide bonds. The van der Waals surface area contributed by atoms with Crippen LogP contribution in [0.4, 0.5) is 13.2 Å². The van der Waals surface area contributed by atoms with Gasteiger partial charge in [-0.15, -0.1) is 0 Å². The molecule has 3 nitrogen and oxygen atoms in total. The van der Waals surface area contributed by atoms with Crippen molar-refractivity contribution in [3.8, 4) is 11.5 Å². The number of hydrogen-bond donors (Lipinski definition) is 2. The normalized spacial score (nSPS) is 17.6. The van der Waals surface area contributed by atoms with Gasteiger partial charge in [-0.05, 0) is 30.5 Å². The highest BCUT2D eigenvalue weighted by Gasteiger charge is 2.62. The van der Waals surface area contributed by atoms with Crippen LogP contribution in [0, 0.1) is 0 Å². The second kappa shape index (κ2) is 4.35. The van der Waals surface area contributed by atoms with Crippen molar-refractivity contribution in [2.45, 2.75) is 31.1 Å². The van der Waals surface area contributed by atoms with Crippen molar-refractivity contribution in [1.82, 2.24) is 5.32 Å². The molecular weight excluding hydrogens is 247 g/mol. The molecular formula is C12H14F3NO2. The molecule has 1 fully saturated rings. The van der Waals surface area contributed by atoms with E-state index < -0.39 is 11.7 Å². The van der Waals surface area contributed by atoms with Crippen LogP contribution in [-0.4, -0.2) is 23.9 Å². The molecule has 0 aromatic heterocycles. The van der Waals surface area contributed by atoms with E-state index in [1.807, 2.05) is 0 Å². The zero-order chi connectivity index (χ0) is 13.4. The molecule has 6 heteroatoms. The molecule has 1 saturated carbocycles. The van der Waals surface area contributed by atoms with Crippen molar-refractivity contribution in [3.05, 3.63) is 23.8 Å². The van der Waals surface area contributed by atoms with E-state index in [1.54, 1.807) is 6.07 Å². The lowest BCUT2D eigenvalue weighted by atomic mass is 10.1. The summed E-state index contributed by atoms with van der Waals surface area (Å²) in [5, 5.41) is 11.9. The van der Waals surface area contributed by atoms with E-state index >= 15 is 0 Å². The van der Waals surface area contributed by atoms with Crippen molar-refractivity contribution < 1.29 is 23.0 Å². The van der Waals surface area contributed by atoms with Gasteiger partial charge in [-0.3, -0.25) is 5.32 Å². The number of aromatic hydroxyl groups is 1. The van der Waals surface area contributed by atoms with Gasteiger partial charge in [0.05, 0.1) is 7.11 Å². The average Bonchev–Trinajstić information content (AvgIpc) is 3.08. The topological polar surface area (TPSA) is 41.5 Å². The Hall–Kier alpha value is -1.43. The summed E-state index contributed by atoms with van der Waals surface area (Å²) in [5.74, 6) is 0.226. The maximum Gasteiger partial charge on any atom is 0.406 e. The van der Waals surface area contributed by atoms with E-state index in [0.717, 1.165) is 0 Å². The number of phenolic OH excluding ortho intramolecular Hbond substituents is 1. The van der Waals surface area contributed by atoms with Gasteiger partial charge in [0.1, 0.15) is 5.54 Å². The zero-order valence-corrected chi connectivity index (χ0v) is 9.84. The summed E-state index contributed by atoms with van der Waals surface area (Å²) in [6.07, 6.45) is -3.98. The third-order valence-corrected chi connectivity index (χ3v) is 3.17. The molecule has 1 aromatic carbocycles. The predicted molar refractivity (Wildman–Crippen MR) is 59.5 cm³/mol. The van der Waals surface area contributed by atoms with Gasteiger partial charge in [0.2, 0.25) is 0 Å². The summed E-state index contributed by atoms with van der Waals surface area (Å²) < 4.78 is 42.9. The van der Waals surface area contributed by atoms with Crippen LogP contribution in [0.2, 0.25) is 0 Å². The molecule has 0 unspecified atom stereocenters. The fraction of sp³-hybridized carbons (Fsp3) is 0.500. The summed E-state index contributed by atoms with van der Waals surface area (Å²) in [6, 6.07) is 4.50. The Morgan fingerprint density at radius 2 is 2.06 bits per heavy atom. The number of nitrogens with one attached hydrogen (secondary N) is 1. The average molecular weight is 261 g/mol. The van der Waals surface area contributed by atoms with Crippen molar-refractivity contribution in [3.63, 3.8) is 0 Å². The summed E-state index contributed by atoms with van der Waals surface area (Å²) in [4.78, 5) is 0. The largest absolute Gasteiger partial charge is 0.504 e. The molecule has 0 saturated heterocycles. The number of ether oxygens (including phenoxy) is 1. The smallest absolute Gasteiger partial charge is 0.406 e. The highest BCUT2D eigenvalue weighted by Crippen LogP contribution is 2.49. The number of halogens is 3. The van der Waals surface area contributed by atoms with Gasteiger partial charge >= 0.3 is 6.18 Å². The van der Waals surface area contributed by atoms with Gasteiger partial charge < -0.3 is 9.84 Å². The van der Waals surface area contributed by atoms with Gasteiger partial charge in [0, 0.05) is 6.54 Å². The molecule has 2 N–H and O–H groups in total. The molecule has 1 aliphatic rings. The minimum Gasteiger partial charge on any atom is -0.504 e. The van der Waals surface area contributed by atoms with Crippen LogP contribution in [0.1, 0.15) is 18.4 Å².